The highest BCUT2D eigenvalue weighted by molar-refractivity contribution is 7.89. The summed E-state index contributed by atoms with van der Waals surface area (Å²) >= 11 is 1.05. The molecule has 7 nitrogen and oxygen atoms in total. The third kappa shape index (κ3) is 3.97. The van der Waals surface area contributed by atoms with Crippen molar-refractivity contribution in [3.8, 4) is 0 Å². The second-order valence-corrected chi connectivity index (χ2v) is 7.80. The van der Waals surface area contributed by atoms with E-state index in [0.717, 1.165) is 17.1 Å². The highest BCUT2D eigenvalue weighted by Crippen LogP contribution is 2.16. The van der Waals surface area contributed by atoms with Crippen LogP contribution < -0.4 is 5.32 Å². The van der Waals surface area contributed by atoms with E-state index in [4.69, 9.17) is 0 Å². The van der Waals surface area contributed by atoms with Gasteiger partial charge in [-0.2, -0.15) is 4.31 Å². The lowest BCUT2D eigenvalue weighted by atomic mass is 10.2. The van der Waals surface area contributed by atoms with E-state index in [1.165, 1.54) is 4.31 Å². The number of sulfonamides is 1. The van der Waals surface area contributed by atoms with E-state index in [0.29, 0.717) is 30.2 Å². The van der Waals surface area contributed by atoms with E-state index in [1.807, 2.05) is 0 Å². The number of aryl methyl sites for hydroxylation is 1. The number of carbonyl (C=O) groups is 1. The van der Waals surface area contributed by atoms with Crippen molar-refractivity contribution in [2.75, 3.05) is 13.1 Å². The number of carbonyl (C=O) groups excluding carboxylic acids is 1. The predicted octanol–water partition coefficient (Wildman–Crippen LogP) is 1.81. The van der Waals surface area contributed by atoms with Crippen molar-refractivity contribution >= 4 is 27.5 Å². The van der Waals surface area contributed by atoms with Crippen LogP contribution >= 0.6 is 11.5 Å². The van der Waals surface area contributed by atoms with Crippen molar-refractivity contribution in [3.63, 3.8) is 0 Å². The van der Waals surface area contributed by atoms with Gasteiger partial charge in [-0.3, -0.25) is 4.79 Å². The van der Waals surface area contributed by atoms with Crippen LogP contribution in [0.15, 0.2) is 29.2 Å². The van der Waals surface area contributed by atoms with E-state index >= 15 is 0 Å². The van der Waals surface area contributed by atoms with Gasteiger partial charge >= 0.3 is 0 Å². The molecule has 0 aliphatic rings. The zero-order chi connectivity index (χ0) is 17.7. The molecule has 0 atom stereocenters. The van der Waals surface area contributed by atoms with Gasteiger partial charge in [-0.1, -0.05) is 30.5 Å². The topological polar surface area (TPSA) is 92.3 Å². The molecule has 0 unspecified atom stereocenters. The van der Waals surface area contributed by atoms with Crippen LogP contribution in [-0.2, 0) is 16.6 Å². The molecular formula is C15H20N4O3S2. The summed E-state index contributed by atoms with van der Waals surface area (Å²) in [6.07, 6.45) is 0. The average Bonchev–Trinajstić information content (AvgIpc) is 3.00. The highest BCUT2D eigenvalue weighted by atomic mass is 32.2. The lowest BCUT2D eigenvalue weighted by molar-refractivity contribution is 0.0954. The summed E-state index contributed by atoms with van der Waals surface area (Å²) in [7, 11) is -3.46. The van der Waals surface area contributed by atoms with Gasteiger partial charge in [0.1, 0.15) is 4.88 Å². The second-order valence-electron chi connectivity index (χ2n) is 5.10. The molecule has 0 aliphatic heterocycles. The van der Waals surface area contributed by atoms with Crippen LogP contribution in [0.5, 0.6) is 0 Å². The first kappa shape index (κ1) is 18.5. The van der Waals surface area contributed by atoms with Crippen LogP contribution in [0.4, 0.5) is 0 Å². The van der Waals surface area contributed by atoms with Crippen LogP contribution in [0, 0.1) is 6.92 Å². The molecule has 1 heterocycles. The Morgan fingerprint density at radius 3 is 2.33 bits per heavy atom. The zero-order valence-electron chi connectivity index (χ0n) is 13.8. The predicted molar refractivity (Wildman–Crippen MR) is 92.4 cm³/mol. The normalized spacial score (nSPS) is 11.7. The third-order valence-electron chi connectivity index (χ3n) is 3.58. The van der Waals surface area contributed by atoms with Gasteiger partial charge in [-0.25, -0.2) is 8.42 Å². The lowest BCUT2D eigenvalue weighted by Gasteiger charge is -2.18. The van der Waals surface area contributed by atoms with E-state index in [9.17, 15) is 13.2 Å². The van der Waals surface area contributed by atoms with Gasteiger partial charge < -0.3 is 5.32 Å². The molecule has 9 heteroatoms. The maximum atomic E-state index is 12.4. The standard InChI is InChI=1S/C15H20N4O3S2/c1-4-19(5-2)24(21,22)13-8-6-12(7-9-13)10-16-15(20)14-11(3)17-18-23-14/h6-9H,4-5,10H2,1-3H3,(H,16,20). The molecule has 0 fully saturated rings. The maximum Gasteiger partial charge on any atom is 0.265 e. The summed E-state index contributed by atoms with van der Waals surface area (Å²) < 4.78 is 30.0. The molecule has 2 rings (SSSR count). The Morgan fingerprint density at radius 1 is 1.21 bits per heavy atom. The Morgan fingerprint density at radius 2 is 1.83 bits per heavy atom. The molecule has 0 saturated heterocycles. The van der Waals surface area contributed by atoms with E-state index in [2.05, 4.69) is 14.9 Å². The van der Waals surface area contributed by atoms with Gasteiger partial charge in [0.05, 0.1) is 10.6 Å². The molecule has 1 amide bonds. The van der Waals surface area contributed by atoms with Gasteiger partial charge in [-0.15, -0.1) is 5.10 Å². The van der Waals surface area contributed by atoms with E-state index in [1.54, 1.807) is 45.0 Å². The van der Waals surface area contributed by atoms with Crippen LogP contribution in [0.2, 0.25) is 0 Å². The van der Waals surface area contributed by atoms with Crippen LogP contribution in [0.1, 0.15) is 34.8 Å². The first-order chi connectivity index (χ1) is 11.4. The van der Waals surface area contributed by atoms with Crippen molar-refractivity contribution in [2.45, 2.75) is 32.2 Å². The summed E-state index contributed by atoms with van der Waals surface area (Å²) in [5.74, 6) is -0.234. The van der Waals surface area contributed by atoms with Crippen molar-refractivity contribution < 1.29 is 13.2 Å². The number of nitrogens with one attached hydrogen (secondary N) is 1. The van der Waals surface area contributed by atoms with Crippen molar-refractivity contribution in [3.05, 3.63) is 40.4 Å². The largest absolute Gasteiger partial charge is 0.347 e. The minimum atomic E-state index is -3.46. The third-order valence-corrected chi connectivity index (χ3v) is 6.47. The van der Waals surface area contributed by atoms with Gasteiger partial charge in [0.25, 0.3) is 5.91 Å². The SMILES string of the molecule is CCN(CC)S(=O)(=O)c1ccc(CNC(=O)c2snnc2C)cc1. The van der Waals surface area contributed by atoms with Crippen LogP contribution in [0.3, 0.4) is 0 Å². The molecule has 1 aromatic heterocycles. The second kappa shape index (κ2) is 7.82. The molecule has 1 aromatic carbocycles. The van der Waals surface area contributed by atoms with Gasteiger partial charge in [0.15, 0.2) is 0 Å². The number of hydrogen-bond acceptors (Lipinski definition) is 6. The quantitative estimate of drug-likeness (QED) is 0.804. The monoisotopic (exact) mass is 368 g/mol. The Bertz CT molecular complexity index is 796. The van der Waals surface area contributed by atoms with E-state index < -0.39 is 10.0 Å². The molecule has 0 bridgehead atoms. The fourth-order valence-corrected chi connectivity index (χ4v) is 4.23. The van der Waals surface area contributed by atoms with Crippen molar-refractivity contribution in [1.82, 2.24) is 19.2 Å². The highest BCUT2D eigenvalue weighted by Gasteiger charge is 2.21. The van der Waals surface area contributed by atoms with Crippen molar-refractivity contribution in [2.24, 2.45) is 0 Å². The van der Waals surface area contributed by atoms with Gasteiger partial charge in [0, 0.05) is 19.6 Å². The average molecular weight is 368 g/mol. The first-order valence-electron chi connectivity index (χ1n) is 7.56. The number of nitrogens with zero attached hydrogens (tertiary/aromatic N) is 3. The number of rotatable bonds is 7. The summed E-state index contributed by atoms with van der Waals surface area (Å²) in [6, 6.07) is 6.53. The number of benzene rings is 1. The molecule has 0 radical (unpaired) electrons. The molecule has 0 spiro atoms. The number of amides is 1. The lowest BCUT2D eigenvalue weighted by Crippen LogP contribution is -2.30. The summed E-state index contributed by atoms with van der Waals surface area (Å²) in [4.78, 5) is 12.7. The molecule has 1 N–H and O–H groups in total. The molecular weight excluding hydrogens is 348 g/mol. The van der Waals surface area contributed by atoms with Crippen LogP contribution in [-0.4, -0.2) is 41.3 Å². The fraction of sp³-hybridized carbons (Fsp3) is 0.400. The fourth-order valence-electron chi connectivity index (χ4n) is 2.19. The maximum absolute atomic E-state index is 12.4. The van der Waals surface area contributed by atoms with Crippen LogP contribution in [0.25, 0.3) is 0 Å². The smallest absolute Gasteiger partial charge is 0.265 e. The minimum Gasteiger partial charge on any atom is -0.347 e. The molecule has 0 aliphatic carbocycles. The number of hydrogen-bond donors (Lipinski definition) is 1. The van der Waals surface area contributed by atoms with Gasteiger partial charge in [-0.05, 0) is 36.2 Å². The molecule has 130 valence electrons. The zero-order valence-corrected chi connectivity index (χ0v) is 15.4. The summed E-state index contributed by atoms with van der Waals surface area (Å²) in [5, 5.41) is 6.58. The molecule has 2 aromatic rings. The Kier molecular flexibility index (Phi) is 6.03. The summed E-state index contributed by atoms with van der Waals surface area (Å²) in [5.41, 5.74) is 1.41. The Balaban J connectivity index is 2.05. The minimum absolute atomic E-state index is 0.234. The first-order valence-corrected chi connectivity index (χ1v) is 9.77. The Hall–Kier alpha value is -1.84. The molecule has 24 heavy (non-hydrogen) atoms. The van der Waals surface area contributed by atoms with Crippen molar-refractivity contribution in [1.29, 1.82) is 0 Å². The molecule has 0 saturated carbocycles. The Labute approximate surface area is 145 Å². The van der Waals surface area contributed by atoms with E-state index in [-0.39, 0.29) is 10.8 Å². The van der Waals surface area contributed by atoms with Gasteiger partial charge in [0.2, 0.25) is 10.0 Å². The number of aromatic nitrogens is 2. The summed E-state index contributed by atoms with van der Waals surface area (Å²) in [6.45, 7) is 6.51.